The van der Waals surface area contributed by atoms with E-state index >= 15 is 0 Å². The second kappa shape index (κ2) is 3.24. The van der Waals surface area contributed by atoms with Crippen molar-refractivity contribution in [3.8, 4) is 0 Å². The normalized spacial score (nSPS) is 10.4. The summed E-state index contributed by atoms with van der Waals surface area (Å²) in [6.07, 6.45) is 3.15. The van der Waals surface area contributed by atoms with Crippen molar-refractivity contribution < 1.29 is 4.42 Å². The Morgan fingerprint density at radius 1 is 1.58 bits per heavy atom. The van der Waals surface area contributed by atoms with Crippen LogP contribution >= 0.6 is 23.3 Å². The Morgan fingerprint density at radius 3 is 3.08 bits per heavy atom. The molecule has 0 atom stereocenters. The van der Waals surface area contributed by atoms with Gasteiger partial charge in [0.1, 0.15) is 12.1 Å². The van der Waals surface area contributed by atoms with E-state index in [4.69, 9.17) is 4.42 Å². The van der Waals surface area contributed by atoms with Crippen LogP contribution in [0.5, 0.6) is 0 Å². The average molecular weight is 199 g/mol. The molecule has 6 heteroatoms. The van der Waals surface area contributed by atoms with E-state index in [-0.39, 0.29) is 0 Å². The molecule has 0 aliphatic carbocycles. The Balaban J connectivity index is 2.14. The number of aromatic nitrogens is 3. The molecule has 0 radical (unpaired) electrons. The average Bonchev–Trinajstić information content (AvgIpc) is 2.63. The molecule has 0 fully saturated rings. The van der Waals surface area contributed by atoms with Gasteiger partial charge < -0.3 is 4.42 Å². The van der Waals surface area contributed by atoms with Gasteiger partial charge in [-0.05, 0) is 18.5 Å². The Hall–Kier alpha value is -0.880. The SMILES string of the molecule is Cc1nsc(Sc2ncco2)n1. The zero-order valence-corrected chi connectivity index (χ0v) is 7.85. The van der Waals surface area contributed by atoms with Gasteiger partial charge in [0, 0.05) is 11.8 Å². The van der Waals surface area contributed by atoms with E-state index in [1.165, 1.54) is 29.6 Å². The van der Waals surface area contributed by atoms with E-state index in [0.29, 0.717) is 5.22 Å². The third-order valence-corrected chi connectivity index (χ3v) is 2.81. The molecule has 12 heavy (non-hydrogen) atoms. The van der Waals surface area contributed by atoms with Crippen LogP contribution in [0.3, 0.4) is 0 Å². The van der Waals surface area contributed by atoms with Crippen LogP contribution in [0, 0.1) is 6.92 Å². The molecule has 0 aliphatic rings. The Bertz CT molecular complexity index is 357. The van der Waals surface area contributed by atoms with Crippen molar-refractivity contribution in [3.63, 3.8) is 0 Å². The fraction of sp³-hybridized carbons (Fsp3) is 0.167. The molecule has 0 bridgehead atoms. The summed E-state index contributed by atoms with van der Waals surface area (Å²) in [4.78, 5) is 8.11. The summed E-state index contributed by atoms with van der Waals surface area (Å²) in [5.41, 5.74) is 0. The highest BCUT2D eigenvalue weighted by Gasteiger charge is 2.05. The van der Waals surface area contributed by atoms with Crippen molar-refractivity contribution in [2.75, 3.05) is 0 Å². The van der Waals surface area contributed by atoms with Crippen LogP contribution in [0.25, 0.3) is 0 Å². The summed E-state index contributed by atoms with van der Waals surface area (Å²) in [7, 11) is 0. The lowest BCUT2D eigenvalue weighted by atomic mass is 10.8. The van der Waals surface area contributed by atoms with E-state index in [9.17, 15) is 0 Å². The first-order chi connectivity index (χ1) is 5.84. The molecule has 0 N–H and O–H groups in total. The van der Waals surface area contributed by atoms with Gasteiger partial charge in [-0.15, -0.1) is 0 Å². The molecule has 62 valence electrons. The van der Waals surface area contributed by atoms with Gasteiger partial charge in [0.05, 0.1) is 6.20 Å². The van der Waals surface area contributed by atoms with Crippen LogP contribution in [0.15, 0.2) is 26.4 Å². The van der Waals surface area contributed by atoms with Gasteiger partial charge in [0.25, 0.3) is 5.22 Å². The van der Waals surface area contributed by atoms with Crippen molar-refractivity contribution >= 4 is 23.3 Å². The van der Waals surface area contributed by atoms with Crippen LogP contribution in [0.1, 0.15) is 5.82 Å². The van der Waals surface area contributed by atoms with Crippen molar-refractivity contribution in [1.82, 2.24) is 14.3 Å². The number of nitrogens with zero attached hydrogens (tertiary/aromatic N) is 3. The minimum Gasteiger partial charge on any atom is -0.440 e. The first-order valence-corrected chi connectivity index (χ1v) is 4.81. The maximum absolute atomic E-state index is 5.04. The largest absolute Gasteiger partial charge is 0.440 e. The molecule has 0 spiro atoms. The van der Waals surface area contributed by atoms with Crippen LogP contribution in [-0.4, -0.2) is 14.3 Å². The van der Waals surface area contributed by atoms with Crippen LogP contribution < -0.4 is 0 Å². The maximum Gasteiger partial charge on any atom is 0.262 e. The number of aryl methyl sites for hydroxylation is 1. The summed E-state index contributed by atoms with van der Waals surface area (Å²) in [5, 5.41) is 0.603. The molecule has 2 rings (SSSR count). The molecule has 0 aromatic carbocycles. The third kappa shape index (κ3) is 1.64. The molecule has 2 aromatic rings. The van der Waals surface area contributed by atoms with Gasteiger partial charge in [-0.3, -0.25) is 0 Å². The molecule has 0 saturated heterocycles. The van der Waals surface area contributed by atoms with Crippen LogP contribution in [0.2, 0.25) is 0 Å². The van der Waals surface area contributed by atoms with E-state index < -0.39 is 0 Å². The number of hydrogen-bond acceptors (Lipinski definition) is 6. The minimum atomic E-state index is 0.603. The number of oxazole rings is 1. The first kappa shape index (κ1) is 7.75. The first-order valence-electron chi connectivity index (χ1n) is 3.22. The molecular weight excluding hydrogens is 194 g/mol. The molecule has 0 unspecified atom stereocenters. The summed E-state index contributed by atoms with van der Waals surface area (Å²) < 4.78 is 9.93. The van der Waals surface area contributed by atoms with E-state index in [1.807, 2.05) is 6.92 Å². The van der Waals surface area contributed by atoms with Crippen molar-refractivity contribution in [2.24, 2.45) is 0 Å². The lowest BCUT2D eigenvalue weighted by molar-refractivity contribution is 0.454. The summed E-state index contributed by atoms with van der Waals surface area (Å²) >= 11 is 2.73. The molecule has 0 amide bonds. The second-order valence-electron chi connectivity index (χ2n) is 2.01. The van der Waals surface area contributed by atoms with Crippen LogP contribution in [-0.2, 0) is 0 Å². The molecule has 0 aliphatic heterocycles. The lowest BCUT2D eigenvalue weighted by Gasteiger charge is -1.85. The Labute approximate surface area is 77.2 Å². The highest BCUT2D eigenvalue weighted by Crippen LogP contribution is 2.26. The summed E-state index contributed by atoms with van der Waals surface area (Å²) in [6.45, 7) is 1.86. The van der Waals surface area contributed by atoms with Crippen molar-refractivity contribution in [1.29, 1.82) is 0 Å². The zero-order valence-electron chi connectivity index (χ0n) is 6.22. The fourth-order valence-corrected chi connectivity index (χ4v) is 2.10. The quantitative estimate of drug-likeness (QED) is 0.740. The van der Waals surface area contributed by atoms with Gasteiger partial charge in [-0.1, -0.05) is 0 Å². The summed E-state index contributed by atoms with van der Waals surface area (Å²) in [5.74, 6) is 0.786. The van der Waals surface area contributed by atoms with Gasteiger partial charge in [-0.2, -0.15) is 4.37 Å². The van der Waals surface area contributed by atoms with Gasteiger partial charge in [-0.25, -0.2) is 9.97 Å². The summed E-state index contributed by atoms with van der Waals surface area (Å²) in [6, 6.07) is 0. The van der Waals surface area contributed by atoms with Crippen molar-refractivity contribution in [2.45, 2.75) is 16.5 Å². The Morgan fingerprint density at radius 2 is 2.50 bits per heavy atom. The predicted molar refractivity (Wildman–Crippen MR) is 45.3 cm³/mol. The zero-order chi connectivity index (χ0) is 8.39. The predicted octanol–water partition coefficient (Wildman–Crippen LogP) is 1.99. The molecule has 2 aromatic heterocycles. The minimum absolute atomic E-state index is 0.603. The van der Waals surface area contributed by atoms with Crippen LogP contribution in [0.4, 0.5) is 0 Å². The topological polar surface area (TPSA) is 51.8 Å². The standard InChI is InChI=1S/C6H5N3OS2/c1-4-8-6(12-9-4)11-5-7-2-3-10-5/h2-3H,1H3. The van der Waals surface area contributed by atoms with Gasteiger partial charge >= 0.3 is 0 Å². The highest BCUT2D eigenvalue weighted by molar-refractivity contribution is 8.00. The molecule has 0 saturated carbocycles. The second-order valence-corrected chi connectivity index (χ2v) is 3.96. The molecule has 2 heterocycles. The maximum atomic E-state index is 5.04. The van der Waals surface area contributed by atoms with E-state index in [1.54, 1.807) is 6.20 Å². The Kier molecular flexibility index (Phi) is 2.09. The van der Waals surface area contributed by atoms with Gasteiger partial charge in [0.15, 0.2) is 4.34 Å². The monoisotopic (exact) mass is 199 g/mol. The van der Waals surface area contributed by atoms with E-state index in [0.717, 1.165) is 10.2 Å². The molecule has 4 nitrogen and oxygen atoms in total. The smallest absolute Gasteiger partial charge is 0.262 e. The highest BCUT2D eigenvalue weighted by atomic mass is 32.2. The van der Waals surface area contributed by atoms with Gasteiger partial charge in [0.2, 0.25) is 0 Å². The molecular formula is C6H5N3OS2. The third-order valence-electron chi connectivity index (χ3n) is 1.09. The number of rotatable bonds is 2. The fourth-order valence-electron chi connectivity index (χ4n) is 0.655. The lowest BCUT2D eigenvalue weighted by Crippen LogP contribution is -1.72. The van der Waals surface area contributed by atoms with Crippen molar-refractivity contribution in [3.05, 3.63) is 18.3 Å². The number of hydrogen-bond donors (Lipinski definition) is 0. The van der Waals surface area contributed by atoms with E-state index in [2.05, 4.69) is 14.3 Å².